The number of nitrogens with one attached hydrogen (secondary N) is 2. The Morgan fingerprint density at radius 2 is 1.95 bits per heavy atom. The zero-order chi connectivity index (χ0) is 14.4. The summed E-state index contributed by atoms with van der Waals surface area (Å²) in [7, 11) is 0. The summed E-state index contributed by atoms with van der Waals surface area (Å²) in [5, 5.41) is 17.2. The van der Waals surface area contributed by atoms with E-state index in [1.807, 2.05) is 13.8 Å². The van der Waals surface area contributed by atoms with Crippen molar-refractivity contribution in [3.8, 4) is 0 Å². The first-order valence-corrected chi connectivity index (χ1v) is 6.51. The third-order valence-electron chi connectivity index (χ3n) is 3.21. The lowest BCUT2D eigenvalue weighted by Gasteiger charge is -2.20. The summed E-state index contributed by atoms with van der Waals surface area (Å²) in [5.74, 6) is 0.919. The van der Waals surface area contributed by atoms with Crippen LogP contribution in [0.2, 0.25) is 0 Å². The van der Waals surface area contributed by atoms with E-state index in [9.17, 15) is 10.1 Å². The number of nitro groups is 1. The van der Waals surface area contributed by atoms with Crippen LogP contribution in [0.5, 0.6) is 0 Å². The van der Waals surface area contributed by atoms with Gasteiger partial charge in [0.05, 0.1) is 4.92 Å². The van der Waals surface area contributed by atoms with Gasteiger partial charge in [-0.05, 0) is 19.8 Å². The Balaban J connectivity index is 3.06. The molecule has 0 aliphatic rings. The largest absolute Gasteiger partial charge is 0.364 e. The number of anilines is 2. The topological polar surface area (TPSA) is 93.0 Å². The van der Waals surface area contributed by atoms with Crippen molar-refractivity contribution < 1.29 is 4.92 Å². The lowest BCUT2D eigenvalue weighted by Crippen LogP contribution is -2.24. The van der Waals surface area contributed by atoms with E-state index in [0.29, 0.717) is 12.5 Å². The van der Waals surface area contributed by atoms with Crippen molar-refractivity contribution >= 4 is 17.3 Å². The van der Waals surface area contributed by atoms with Gasteiger partial charge in [0.25, 0.3) is 0 Å². The Morgan fingerprint density at radius 3 is 2.47 bits per heavy atom. The van der Waals surface area contributed by atoms with Gasteiger partial charge in [0.2, 0.25) is 11.6 Å². The van der Waals surface area contributed by atoms with Crippen molar-refractivity contribution in [3.63, 3.8) is 0 Å². The third-order valence-corrected chi connectivity index (χ3v) is 3.21. The van der Waals surface area contributed by atoms with Crippen molar-refractivity contribution in [2.45, 2.75) is 40.2 Å². The van der Waals surface area contributed by atoms with Gasteiger partial charge in [-0.2, -0.15) is 0 Å². The van der Waals surface area contributed by atoms with E-state index in [2.05, 4.69) is 34.4 Å². The quantitative estimate of drug-likeness (QED) is 0.582. The first kappa shape index (κ1) is 15.1. The van der Waals surface area contributed by atoms with Crippen LogP contribution in [-0.4, -0.2) is 27.5 Å². The first-order chi connectivity index (χ1) is 9.01. The molecule has 106 valence electrons. The molecule has 0 fully saturated rings. The van der Waals surface area contributed by atoms with Crippen LogP contribution in [0.15, 0.2) is 6.33 Å². The molecule has 7 nitrogen and oxygen atoms in total. The van der Waals surface area contributed by atoms with Crippen molar-refractivity contribution in [2.75, 3.05) is 17.2 Å². The predicted molar refractivity (Wildman–Crippen MR) is 75.4 cm³/mol. The van der Waals surface area contributed by atoms with Crippen LogP contribution in [0.4, 0.5) is 17.3 Å². The van der Waals surface area contributed by atoms with Crippen LogP contribution in [0.1, 0.15) is 34.1 Å². The number of hydrogen-bond donors (Lipinski definition) is 2. The monoisotopic (exact) mass is 267 g/mol. The lowest BCUT2D eigenvalue weighted by molar-refractivity contribution is -0.383. The van der Waals surface area contributed by atoms with Gasteiger partial charge in [-0.15, -0.1) is 0 Å². The van der Waals surface area contributed by atoms with Crippen LogP contribution in [0, 0.1) is 16.0 Å². The number of hydrogen-bond acceptors (Lipinski definition) is 6. The smallest absolute Gasteiger partial charge is 0.353 e. The fraction of sp³-hybridized carbons (Fsp3) is 0.667. The standard InChI is InChI=1S/C12H21N5O2/c1-5-8(3)9(4)16-12-10(17(18)19)11(13-6-2)14-7-15-12/h7-9H,5-6H2,1-4H3,(H2,13,14,15,16). The number of nitrogens with zero attached hydrogens (tertiary/aromatic N) is 3. The average molecular weight is 267 g/mol. The Bertz CT molecular complexity index is 438. The molecule has 2 atom stereocenters. The molecule has 19 heavy (non-hydrogen) atoms. The fourth-order valence-corrected chi connectivity index (χ4v) is 1.67. The van der Waals surface area contributed by atoms with Crippen molar-refractivity contribution in [1.29, 1.82) is 0 Å². The van der Waals surface area contributed by atoms with Crippen molar-refractivity contribution in [3.05, 3.63) is 16.4 Å². The summed E-state index contributed by atoms with van der Waals surface area (Å²) in [4.78, 5) is 18.6. The van der Waals surface area contributed by atoms with Gasteiger partial charge in [0, 0.05) is 12.6 Å². The summed E-state index contributed by atoms with van der Waals surface area (Å²) in [5.41, 5.74) is -0.0977. The van der Waals surface area contributed by atoms with Crippen LogP contribution >= 0.6 is 0 Å². The average Bonchev–Trinajstić information content (AvgIpc) is 2.37. The third kappa shape index (κ3) is 3.77. The molecule has 0 aliphatic heterocycles. The second-order valence-corrected chi connectivity index (χ2v) is 4.53. The number of rotatable bonds is 7. The van der Waals surface area contributed by atoms with Crippen molar-refractivity contribution in [1.82, 2.24) is 9.97 Å². The van der Waals surface area contributed by atoms with Gasteiger partial charge in [0.15, 0.2) is 0 Å². The van der Waals surface area contributed by atoms with Gasteiger partial charge in [-0.1, -0.05) is 20.3 Å². The van der Waals surface area contributed by atoms with Crippen LogP contribution in [-0.2, 0) is 0 Å². The van der Waals surface area contributed by atoms with E-state index in [-0.39, 0.29) is 23.4 Å². The van der Waals surface area contributed by atoms with Crippen LogP contribution in [0.25, 0.3) is 0 Å². The van der Waals surface area contributed by atoms with E-state index in [1.165, 1.54) is 6.33 Å². The normalized spacial score (nSPS) is 13.7. The van der Waals surface area contributed by atoms with E-state index < -0.39 is 4.92 Å². The van der Waals surface area contributed by atoms with Crippen LogP contribution in [0.3, 0.4) is 0 Å². The Morgan fingerprint density at radius 1 is 1.32 bits per heavy atom. The summed E-state index contributed by atoms with van der Waals surface area (Å²) >= 11 is 0. The summed E-state index contributed by atoms with van der Waals surface area (Å²) in [6.45, 7) is 8.60. The molecule has 0 saturated carbocycles. The molecular formula is C12H21N5O2. The molecule has 1 rings (SSSR count). The minimum Gasteiger partial charge on any atom is -0.364 e. The summed E-state index contributed by atoms with van der Waals surface area (Å²) in [6.07, 6.45) is 2.32. The molecule has 0 bridgehead atoms. The molecule has 1 heterocycles. The predicted octanol–water partition coefficient (Wildman–Crippen LogP) is 2.66. The van der Waals surface area contributed by atoms with E-state index in [1.54, 1.807) is 0 Å². The SMILES string of the molecule is CCNc1ncnc(NC(C)C(C)CC)c1[N+](=O)[O-]. The molecule has 0 aliphatic carbocycles. The highest BCUT2D eigenvalue weighted by molar-refractivity contribution is 5.69. The van der Waals surface area contributed by atoms with Crippen LogP contribution < -0.4 is 10.6 Å². The van der Waals surface area contributed by atoms with Gasteiger partial charge >= 0.3 is 5.69 Å². The van der Waals surface area contributed by atoms with Gasteiger partial charge in [-0.25, -0.2) is 9.97 Å². The minimum absolute atomic E-state index is 0.0977. The highest BCUT2D eigenvalue weighted by Crippen LogP contribution is 2.29. The fourth-order valence-electron chi connectivity index (χ4n) is 1.67. The van der Waals surface area contributed by atoms with Gasteiger partial charge in [0.1, 0.15) is 6.33 Å². The molecule has 0 saturated heterocycles. The van der Waals surface area contributed by atoms with E-state index in [4.69, 9.17) is 0 Å². The Kier molecular flexibility index (Phi) is 5.47. The molecule has 0 aromatic carbocycles. The molecule has 0 radical (unpaired) electrons. The second-order valence-electron chi connectivity index (χ2n) is 4.53. The molecule has 1 aromatic heterocycles. The maximum absolute atomic E-state index is 11.2. The summed E-state index contributed by atoms with van der Waals surface area (Å²) in [6, 6.07) is 0.105. The molecule has 2 unspecified atom stereocenters. The van der Waals surface area contributed by atoms with E-state index in [0.717, 1.165) is 6.42 Å². The highest BCUT2D eigenvalue weighted by atomic mass is 16.6. The zero-order valence-electron chi connectivity index (χ0n) is 11.8. The number of aromatic nitrogens is 2. The van der Waals surface area contributed by atoms with Gasteiger partial charge < -0.3 is 10.6 Å². The summed E-state index contributed by atoms with van der Waals surface area (Å²) < 4.78 is 0. The zero-order valence-corrected chi connectivity index (χ0v) is 11.8. The Hall–Kier alpha value is -1.92. The molecule has 2 N–H and O–H groups in total. The molecule has 0 spiro atoms. The molecular weight excluding hydrogens is 246 g/mol. The van der Waals surface area contributed by atoms with Crippen molar-refractivity contribution in [2.24, 2.45) is 5.92 Å². The molecule has 7 heteroatoms. The lowest BCUT2D eigenvalue weighted by atomic mass is 10.0. The highest BCUT2D eigenvalue weighted by Gasteiger charge is 2.24. The maximum Gasteiger partial charge on any atom is 0.353 e. The maximum atomic E-state index is 11.2. The molecule has 1 aromatic rings. The molecule has 0 amide bonds. The Labute approximate surface area is 113 Å². The van der Waals surface area contributed by atoms with Gasteiger partial charge in [-0.3, -0.25) is 10.1 Å². The first-order valence-electron chi connectivity index (χ1n) is 6.51. The second kappa shape index (κ2) is 6.86. The minimum atomic E-state index is -0.455. The van der Waals surface area contributed by atoms with E-state index >= 15 is 0 Å².